The number of rotatable bonds is 5. The zero-order valence-corrected chi connectivity index (χ0v) is 12.4. The fourth-order valence-corrected chi connectivity index (χ4v) is 2.85. The van der Waals surface area contributed by atoms with Crippen molar-refractivity contribution in [1.82, 2.24) is 0 Å². The first-order valence-electron chi connectivity index (χ1n) is 7.38. The quantitative estimate of drug-likeness (QED) is 0.816. The lowest BCUT2D eigenvalue weighted by Crippen LogP contribution is -2.36. The maximum absolute atomic E-state index is 6.43. The maximum atomic E-state index is 6.43. The Balaban J connectivity index is 2.68. The number of aryl methyl sites for hydroxylation is 1. The number of pyridine rings is 1. The molecule has 0 radical (unpaired) electrons. The number of benzene rings is 1. The number of nitrogens with two attached hydrogens (primary N) is 1. The molecule has 0 unspecified atom stereocenters. The molecular formula is C17H25N2+. The Bertz CT molecular complexity index is 573. The summed E-state index contributed by atoms with van der Waals surface area (Å²) in [5, 5.41) is 1.19. The molecule has 2 aromatic rings. The van der Waals surface area contributed by atoms with Gasteiger partial charge in [-0.1, -0.05) is 38.8 Å². The number of nitrogens with zero attached hydrogens (tertiary/aromatic N) is 1. The van der Waals surface area contributed by atoms with Crippen molar-refractivity contribution in [3.63, 3.8) is 0 Å². The third-order valence-electron chi connectivity index (χ3n) is 3.90. The van der Waals surface area contributed by atoms with Crippen molar-refractivity contribution < 1.29 is 4.57 Å². The van der Waals surface area contributed by atoms with Gasteiger partial charge in [-0.15, -0.1) is 0 Å². The van der Waals surface area contributed by atoms with Crippen molar-refractivity contribution >= 4 is 16.6 Å². The lowest BCUT2D eigenvalue weighted by atomic mass is 9.98. The van der Waals surface area contributed by atoms with E-state index in [1.54, 1.807) is 0 Å². The Morgan fingerprint density at radius 1 is 1.05 bits per heavy atom. The first-order valence-corrected chi connectivity index (χ1v) is 7.38. The standard InChI is InChI=1S/C17H24N2/c1-4-6-11-15-13(9-5-2)17(18)14-10-7-8-12-16(14)19(15)3/h7-8,10,12,18H,4-6,9,11H2,1-3H3/p+1. The van der Waals surface area contributed by atoms with E-state index in [0.717, 1.165) is 24.9 Å². The van der Waals surface area contributed by atoms with E-state index in [1.165, 1.54) is 35.0 Å². The molecule has 102 valence electrons. The summed E-state index contributed by atoms with van der Waals surface area (Å²) in [6, 6.07) is 8.45. The molecule has 0 fully saturated rings. The van der Waals surface area contributed by atoms with Gasteiger partial charge in [0.1, 0.15) is 7.05 Å². The topological polar surface area (TPSA) is 29.9 Å². The second-order valence-electron chi connectivity index (χ2n) is 5.27. The maximum Gasteiger partial charge on any atom is 0.214 e. The minimum absolute atomic E-state index is 0.988. The number of hydrogen-bond donors (Lipinski definition) is 1. The fraction of sp³-hybridized carbons (Fsp3) is 0.471. The zero-order chi connectivity index (χ0) is 13.8. The van der Waals surface area contributed by atoms with Gasteiger partial charge in [0.05, 0.1) is 11.1 Å². The third kappa shape index (κ3) is 2.58. The molecule has 2 N–H and O–H groups in total. The average Bonchev–Trinajstić information content (AvgIpc) is 2.44. The zero-order valence-electron chi connectivity index (χ0n) is 12.4. The Morgan fingerprint density at radius 2 is 1.79 bits per heavy atom. The van der Waals surface area contributed by atoms with E-state index in [0.29, 0.717) is 0 Å². The van der Waals surface area contributed by atoms with Crippen molar-refractivity contribution in [1.29, 1.82) is 0 Å². The van der Waals surface area contributed by atoms with Crippen LogP contribution in [-0.4, -0.2) is 0 Å². The number of aromatic nitrogens is 1. The summed E-state index contributed by atoms with van der Waals surface area (Å²) in [5.41, 5.74) is 11.4. The number of hydrogen-bond acceptors (Lipinski definition) is 1. The highest BCUT2D eigenvalue weighted by Crippen LogP contribution is 2.26. The number of fused-ring (bicyclic) bond motifs is 1. The number of unbranched alkanes of at least 4 members (excludes halogenated alkanes) is 1. The molecule has 0 saturated heterocycles. The molecule has 1 heterocycles. The molecule has 0 atom stereocenters. The minimum atomic E-state index is 0.988. The van der Waals surface area contributed by atoms with Crippen molar-refractivity contribution in [3.05, 3.63) is 35.5 Å². The van der Waals surface area contributed by atoms with Gasteiger partial charge in [0.15, 0.2) is 5.69 Å². The molecule has 2 nitrogen and oxygen atoms in total. The summed E-state index contributed by atoms with van der Waals surface area (Å²) >= 11 is 0. The molecule has 1 aromatic heterocycles. The summed E-state index contributed by atoms with van der Waals surface area (Å²) in [4.78, 5) is 0. The van der Waals surface area contributed by atoms with Crippen LogP contribution in [0.4, 0.5) is 5.69 Å². The van der Waals surface area contributed by atoms with Gasteiger partial charge in [0.2, 0.25) is 5.52 Å². The van der Waals surface area contributed by atoms with Crippen molar-refractivity contribution in [2.45, 2.75) is 46.0 Å². The van der Waals surface area contributed by atoms with E-state index >= 15 is 0 Å². The van der Waals surface area contributed by atoms with Crippen molar-refractivity contribution in [3.8, 4) is 0 Å². The lowest BCUT2D eigenvalue weighted by Gasteiger charge is -2.13. The highest BCUT2D eigenvalue weighted by atomic mass is 14.9. The number of anilines is 1. The number of para-hydroxylation sites is 1. The van der Waals surface area contributed by atoms with Crippen LogP contribution in [0.25, 0.3) is 10.9 Å². The van der Waals surface area contributed by atoms with Crippen LogP contribution in [0.3, 0.4) is 0 Å². The molecule has 2 rings (SSSR count). The predicted molar refractivity (Wildman–Crippen MR) is 82.1 cm³/mol. The first kappa shape index (κ1) is 13.9. The van der Waals surface area contributed by atoms with Gasteiger partial charge in [0.25, 0.3) is 0 Å². The molecule has 0 spiro atoms. The Hall–Kier alpha value is -1.57. The van der Waals surface area contributed by atoms with E-state index in [4.69, 9.17) is 5.73 Å². The van der Waals surface area contributed by atoms with Gasteiger partial charge in [0, 0.05) is 18.1 Å². The highest BCUT2D eigenvalue weighted by Gasteiger charge is 2.20. The van der Waals surface area contributed by atoms with E-state index in [2.05, 4.69) is 49.7 Å². The van der Waals surface area contributed by atoms with Gasteiger partial charge in [-0.2, -0.15) is 4.57 Å². The summed E-state index contributed by atoms with van der Waals surface area (Å²) < 4.78 is 2.34. The molecule has 2 heteroatoms. The number of nitrogen functional groups attached to an aromatic ring is 1. The molecule has 0 aliphatic heterocycles. The molecule has 0 aliphatic rings. The van der Waals surface area contributed by atoms with Gasteiger partial charge in [-0.25, -0.2) is 0 Å². The third-order valence-corrected chi connectivity index (χ3v) is 3.90. The van der Waals surface area contributed by atoms with Gasteiger partial charge >= 0.3 is 0 Å². The highest BCUT2D eigenvalue weighted by molar-refractivity contribution is 5.89. The predicted octanol–water partition coefficient (Wildman–Crippen LogP) is 3.54. The molecule has 19 heavy (non-hydrogen) atoms. The summed E-state index contributed by atoms with van der Waals surface area (Å²) in [6.07, 6.45) is 5.78. The lowest BCUT2D eigenvalue weighted by molar-refractivity contribution is -0.653. The van der Waals surface area contributed by atoms with Crippen molar-refractivity contribution in [2.24, 2.45) is 7.05 Å². The van der Waals surface area contributed by atoms with E-state index in [9.17, 15) is 0 Å². The monoisotopic (exact) mass is 257 g/mol. The van der Waals surface area contributed by atoms with Crippen molar-refractivity contribution in [2.75, 3.05) is 5.73 Å². The van der Waals surface area contributed by atoms with Crippen LogP contribution in [0.15, 0.2) is 24.3 Å². The molecule has 1 aromatic carbocycles. The van der Waals surface area contributed by atoms with Gasteiger partial charge in [-0.05, 0) is 18.9 Å². The van der Waals surface area contributed by atoms with Crippen LogP contribution in [0.2, 0.25) is 0 Å². The van der Waals surface area contributed by atoms with E-state index < -0.39 is 0 Å². The van der Waals surface area contributed by atoms with E-state index in [-0.39, 0.29) is 0 Å². The van der Waals surface area contributed by atoms with Crippen LogP contribution >= 0.6 is 0 Å². The largest absolute Gasteiger partial charge is 0.398 e. The fourth-order valence-electron chi connectivity index (χ4n) is 2.85. The van der Waals surface area contributed by atoms with Crippen LogP contribution in [0.1, 0.15) is 44.4 Å². The Morgan fingerprint density at radius 3 is 2.47 bits per heavy atom. The van der Waals surface area contributed by atoms with Crippen LogP contribution in [-0.2, 0) is 19.9 Å². The summed E-state index contributed by atoms with van der Waals surface area (Å²) in [5.74, 6) is 0. The molecule has 0 amide bonds. The molecular weight excluding hydrogens is 232 g/mol. The van der Waals surface area contributed by atoms with Crippen LogP contribution in [0, 0.1) is 0 Å². The van der Waals surface area contributed by atoms with Gasteiger partial charge < -0.3 is 5.73 Å². The van der Waals surface area contributed by atoms with Gasteiger partial charge in [-0.3, -0.25) is 0 Å². The summed E-state index contributed by atoms with van der Waals surface area (Å²) in [6.45, 7) is 4.46. The smallest absolute Gasteiger partial charge is 0.214 e. The van der Waals surface area contributed by atoms with E-state index in [1.807, 2.05) is 0 Å². The Kier molecular flexibility index (Phi) is 4.41. The van der Waals surface area contributed by atoms with Crippen LogP contribution < -0.4 is 10.3 Å². The second-order valence-corrected chi connectivity index (χ2v) is 5.27. The average molecular weight is 257 g/mol. The normalized spacial score (nSPS) is 11.1. The first-order chi connectivity index (χ1) is 9.20. The second kappa shape index (κ2) is 6.05. The minimum Gasteiger partial charge on any atom is -0.398 e. The molecule has 0 bridgehead atoms. The summed E-state index contributed by atoms with van der Waals surface area (Å²) in [7, 11) is 2.17. The Labute approximate surface area is 116 Å². The molecule has 0 saturated carbocycles. The van der Waals surface area contributed by atoms with Crippen LogP contribution in [0.5, 0.6) is 0 Å². The SMILES string of the molecule is CCCCc1c(CCC)c(N)c2ccccc2[n+]1C. The molecule has 0 aliphatic carbocycles.